The molecule has 2 N–H and O–H groups in total. The van der Waals surface area contributed by atoms with Crippen LogP contribution in [0.4, 0.5) is 8.78 Å². The number of aliphatic hydroxyl groups excluding tert-OH is 1. The molecule has 9 nitrogen and oxygen atoms in total. The maximum atomic E-state index is 15.6. The van der Waals surface area contributed by atoms with Gasteiger partial charge in [-0.2, -0.15) is 5.10 Å². The average molecular weight is 832 g/mol. The van der Waals surface area contributed by atoms with Gasteiger partial charge in [0.25, 0.3) is 0 Å². The highest BCUT2D eigenvalue weighted by molar-refractivity contribution is 9.10. The Bertz CT molecular complexity index is 2220. The Hall–Kier alpha value is -3.59. The van der Waals surface area contributed by atoms with E-state index in [1.807, 2.05) is 58.0 Å². The van der Waals surface area contributed by atoms with Gasteiger partial charge in [-0.15, -0.1) is 0 Å². The van der Waals surface area contributed by atoms with E-state index in [1.54, 1.807) is 25.4 Å². The quantitative estimate of drug-likeness (QED) is 0.0950. The highest BCUT2D eigenvalue weighted by Crippen LogP contribution is 2.42. The zero-order valence-corrected chi connectivity index (χ0v) is 33.9. The number of nitrogens with zero attached hydrogens (tertiary/aromatic N) is 3. The van der Waals surface area contributed by atoms with E-state index in [0.29, 0.717) is 51.3 Å². The largest absolute Gasteiger partial charge is 0.469 e. The summed E-state index contributed by atoms with van der Waals surface area (Å²) in [5.74, 6) is -1.21. The third-order valence-corrected chi connectivity index (χ3v) is 13.8. The SMILES string of the molecule is COC(=O)[C@@H](C)Cc1cccc([C@@](C)(CCCC(C)(C)CS(=O)(=O)CCO)c2nc(-c3cc(Sc4c(F)cc5[nH]ccc5c4Br)ccc3F)n(C)n2)c1. The van der Waals surface area contributed by atoms with E-state index in [9.17, 15) is 18.3 Å². The van der Waals surface area contributed by atoms with Crippen molar-refractivity contribution in [1.29, 1.82) is 0 Å². The molecule has 0 aliphatic rings. The van der Waals surface area contributed by atoms with Crippen molar-refractivity contribution in [2.24, 2.45) is 18.4 Å². The number of carbonyl (C=O) groups excluding carboxylic acids is 1. The number of sulfone groups is 1. The van der Waals surface area contributed by atoms with Crippen LogP contribution in [0.3, 0.4) is 0 Å². The first-order chi connectivity index (χ1) is 25.0. The molecule has 0 radical (unpaired) electrons. The molecule has 0 saturated heterocycles. The van der Waals surface area contributed by atoms with Crippen LogP contribution in [0.25, 0.3) is 22.3 Å². The summed E-state index contributed by atoms with van der Waals surface area (Å²) in [5.41, 5.74) is 1.31. The highest BCUT2D eigenvalue weighted by Gasteiger charge is 2.36. The molecular formula is C39H45BrF2N4O5S2. The van der Waals surface area contributed by atoms with E-state index in [0.717, 1.165) is 16.5 Å². The number of esters is 1. The second kappa shape index (κ2) is 16.4. The fourth-order valence-electron chi connectivity index (χ4n) is 6.78. The van der Waals surface area contributed by atoms with Gasteiger partial charge in [0, 0.05) is 33.5 Å². The van der Waals surface area contributed by atoms with Gasteiger partial charge in [0.15, 0.2) is 21.5 Å². The molecule has 14 heteroatoms. The Kier molecular flexibility index (Phi) is 12.6. The summed E-state index contributed by atoms with van der Waals surface area (Å²) in [6.45, 7) is 7.21. The number of methoxy groups -OCH3 is 1. The van der Waals surface area contributed by atoms with Gasteiger partial charge in [-0.25, -0.2) is 26.9 Å². The van der Waals surface area contributed by atoms with Crippen molar-refractivity contribution in [1.82, 2.24) is 19.7 Å². The molecule has 5 aromatic rings. The molecule has 2 aromatic heterocycles. The van der Waals surface area contributed by atoms with Crippen LogP contribution in [0.5, 0.6) is 0 Å². The van der Waals surface area contributed by atoms with Crippen molar-refractivity contribution in [3.8, 4) is 11.4 Å². The number of carbonyl (C=O) groups is 1. The summed E-state index contributed by atoms with van der Waals surface area (Å²) in [6.07, 6.45) is 3.91. The smallest absolute Gasteiger partial charge is 0.308 e. The standard InChI is InChI=1S/C39H45BrF2N4O5S2/c1-24(36(48)51-6)19-25-9-7-10-26(20-25)39(4,15-8-14-38(2,3)23-53(49,50)18-17-47)37-44-35(46(5)45-37)29-21-27(11-12-30(29)41)52-34-31(42)22-32-28(33(34)40)13-16-43-32/h7,9-13,16,20-22,24,43,47H,8,14-15,17-19,23H2,1-6H3/t24-,39+/m0/s1. The molecule has 0 aliphatic carbocycles. The van der Waals surface area contributed by atoms with E-state index in [2.05, 4.69) is 20.9 Å². The topological polar surface area (TPSA) is 127 Å². The zero-order chi connectivity index (χ0) is 38.7. The van der Waals surface area contributed by atoms with Gasteiger partial charge >= 0.3 is 5.97 Å². The molecule has 0 fully saturated rings. The van der Waals surface area contributed by atoms with E-state index < -0.39 is 38.9 Å². The first-order valence-corrected chi connectivity index (χ1v) is 20.7. The number of fused-ring (bicyclic) bond motifs is 1. The molecule has 0 amide bonds. The number of rotatable bonds is 16. The lowest BCUT2D eigenvalue weighted by atomic mass is 9.75. The van der Waals surface area contributed by atoms with Crippen LogP contribution in [0.2, 0.25) is 0 Å². The van der Waals surface area contributed by atoms with Crippen LogP contribution < -0.4 is 0 Å². The lowest BCUT2D eigenvalue weighted by Crippen LogP contribution is -2.29. The van der Waals surface area contributed by atoms with Crippen molar-refractivity contribution in [3.63, 3.8) is 0 Å². The number of aliphatic hydroxyl groups is 1. The minimum absolute atomic E-state index is 0.0582. The average Bonchev–Trinajstić information content (AvgIpc) is 3.73. The minimum atomic E-state index is -3.44. The Morgan fingerprint density at radius 3 is 2.57 bits per heavy atom. The summed E-state index contributed by atoms with van der Waals surface area (Å²) in [4.78, 5) is 21.2. The minimum Gasteiger partial charge on any atom is -0.469 e. The van der Waals surface area contributed by atoms with Gasteiger partial charge < -0.3 is 14.8 Å². The van der Waals surface area contributed by atoms with E-state index in [-0.39, 0.29) is 34.8 Å². The Morgan fingerprint density at radius 1 is 1.09 bits per heavy atom. The van der Waals surface area contributed by atoms with Crippen LogP contribution in [0, 0.1) is 23.0 Å². The molecule has 2 atom stereocenters. The molecule has 284 valence electrons. The fourth-order valence-corrected chi connectivity index (χ4v) is 10.2. The molecule has 3 aromatic carbocycles. The number of hydrogen-bond donors (Lipinski definition) is 2. The third-order valence-electron chi connectivity index (χ3n) is 9.61. The summed E-state index contributed by atoms with van der Waals surface area (Å²) < 4.78 is 63.1. The number of hydrogen-bond acceptors (Lipinski definition) is 8. The van der Waals surface area contributed by atoms with E-state index in [4.69, 9.17) is 14.8 Å². The Labute approximate surface area is 322 Å². The van der Waals surface area contributed by atoms with Gasteiger partial charge in [0.2, 0.25) is 0 Å². The van der Waals surface area contributed by atoms with Crippen LogP contribution >= 0.6 is 27.7 Å². The van der Waals surface area contributed by atoms with Crippen LogP contribution in [0.1, 0.15) is 63.9 Å². The second-order valence-corrected chi connectivity index (χ2v) is 18.6. The molecule has 0 saturated carbocycles. The normalized spacial score (nSPS) is 14.0. The first-order valence-electron chi connectivity index (χ1n) is 17.3. The lowest BCUT2D eigenvalue weighted by Gasteiger charge is -2.30. The van der Waals surface area contributed by atoms with E-state index >= 15 is 8.78 Å². The van der Waals surface area contributed by atoms with Crippen LogP contribution in [-0.2, 0) is 38.3 Å². The Balaban J connectivity index is 1.51. The van der Waals surface area contributed by atoms with E-state index in [1.165, 1.54) is 35.7 Å². The molecule has 5 rings (SSSR count). The third kappa shape index (κ3) is 9.38. The number of aromatic nitrogens is 4. The van der Waals surface area contributed by atoms with Crippen LogP contribution in [-0.4, -0.2) is 64.5 Å². The monoisotopic (exact) mass is 830 g/mol. The number of halogens is 3. The molecule has 0 bridgehead atoms. The van der Waals surface area contributed by atoms with Crippen LogP contribution in [0.15, 0.2) is 75.1 Å². The van der Waals surface area contributed by atoms with Gasteiger partial charge in [0.05, 0.1) is 47.0 Å². The van der Waals surface area contributed by atoms with Gasteiger partial charge in [0.1, 0.15) is 11.6 Å². The molecule has 0 spiro atoms. The first kappa shape index (κ1) is 40.6. The Morgan fingerprint density at radius 2 is 1.85 bits per heavy atom. The van der Waals surface area contributed by atoms with Gasteiger partial charge in [-0.05, 0) is 89.0 Å². The van der Waals surface area contributed by atoms with Crippen molar-refractivity contribution in [3.05, 3.63) is 93.9 Å². The zero-order valence-electron chi connectivity index (χ0n) is 30.7. The summed E-state index contributed by atoms with van der Waals surface area (Å²) in [7, 11) is -0.372. The maximum absolute atomic E-state index is 15.6. The maximum Gasteiger partial charge on any atom is 0.308 e. The molecule has 53 heavy (non-hydrogen) atoms. The van der Waals surface area contributed by atoms with Crippen molar-refractivity contribution >= 4 is 54.4 Å². The summed E-state index contributed by atoms with van der Waals surface area (Å²) >= 11 is 4.72. The predicted octanol–water partition coefficient (Wildman–Crippen LogP) is 8.42. The second-order valence-electron chi connectivity index (χ2n) is 14.6. The highest BCUT2D eigenvalue weighted by atomic mass is 79.9. The lowest BCUT2D eigenvalue weighted by molar-refractivity contribution is -0.144. The molecular weight excluding hydrogens is 786 g/mol. The van der Waals surface area contributed by atoms with Crippen molar-refractivity contribution in [2.45, 2.75) is 68.6 Å². The predicted molar refractivity (Wildman–Crippen MR) is 208 cm³/mol. The molecule has 0 aliphatic heterocycles. The number of aryl methyl sites for hydroxylation is 1. The fraction of sp³-hybridized carbons (Fsp3) is 0.410. The molecule has 2 heterocycles. The van der Waals surface area contributed by atoms with Gasteiger partial charge in [-0.3, -0.25) is 4.79 Å². The van der Waals surface area contributed by atoms with Crippen molar-refractivity contribution in [2.75, 3.05) is 25.2 Å². The summed E-state index contributed by atoms with van der Waals surface area (Å²) in [6, 6.07) is 15.7. The van der Waals surface area contributed by atoms with Gasteiger partial charge in [-0.1, -0.05) is 63.2 Å². The number of aromatic amines is 1. The number of H-pyrrole nitrogens is 1. The number of ether oxygens (including phenoxy) is 1. The number of benzene rings is 3. The number of nitrogens with one attached hydrogen (secondary N) is 1. The summed E-state index contributed by atoms with van der Waals surface area (Å²) in [5, 5.41) is 14.9. The molecule has 0 unspecified atom stereocenters. The van der Waals surface area contributed by atoms with Crippen molar-refractivity contribution < 1.29 is 31.8 Å².